The fourth-order valence-electron chi connectivity index (χ4n) is 1.15. The molecule has 0 saturated heterocycles. The summed E-state index contributed by atoms with van der Waals surface area (Å²) in [4.78, 5) is 0. The largest absolute Gasteiger partial charge is 0.472 e. The van der Waals surface area contributed by atoms with Crippen molar-refractivity contribution in [1.82, 2.24) is 10.2 Å². The van der Waals surface area contributed by atoms with Gasteiger partial charge in [0.05, 0.1) is 0 Å². The van der Waals surface area contributed by atoms with Gasteiger partial charge in [0, 0.05) is 12.3 Å². The third-order valence-corrected chi connectivity index (χ3v) is 1.82. The van der Waals surface area contributed by atoms with Crippen molar-refractivity contribution in [2.45, 2.75) is 6.61 Å². The van der Waals surface area contributed by atoms with Crippen molar-refractivity contribution >= 4 is 0 Å². The Hall–Kier alpha value is -1.97. The maximum atomic E-state index is 12.8. The van der Waals surface area contributed by atoms with E-state index in [2.05, 4.69) is 10.2 Å². The van der Waals surface area contributed by atoms with E-state index in [1.54, 1.807) is 30.5 Å². The third kappa shape index (κ3) is 2.74. The van der Waals surface area contributed by atoms with Crippen LogP contribution in [-0.2, 0) is 6.61 Å². The average molecular weight is 204 g/mol. The molecule has 0 bridgehead atoms. The molecule has 1 aromatic carbocycles. The Bertz CT molecular complexity index is 434. The van der Waals surface area contributed by atoms with Gasteiger partial charge in [-0.3, -0.25) is 0 Å². The van der Waals surface area contributed by atoms with Gasteiger partial charge in [0.25, 0.3) is 0 Å². The summed E-state index contributed by atoms with van der Waals surface area (Å²) in [6.45, 7) is 0.288. The second-order valence-electron chi connectivity index (χ2n) is 2.98. The molecule has 3 nitrogen and oxygen atoms in total. The first-order valence-corrected chi connectivity index (χ1v) is 4.49. The van der Waals surface area contributed by atoms with Crippen molar-refractivity contribution in [1.29, 1.82) is 0 Å². The van der Waals surface area contributed by atoms with Crippen LogP contribution in [0.5, 0.6) is 5.88 Å². The molecule has 15 heavy (non-hydrogen) atoms. The highest BCUT2D eigenvalue weighted by molar-refractivity contribution is 5.16. The topological polar surface area (TPSA) is 35.0 Å². The SMILES string of the molecule is Fc1cccc(COc2cccnn2)c1. The van der Waals surface area contributed by atoms with E-state index in [9.17, 15) is 4.39 Å². The van der Waals surface area contributed by atoms with Gasteiger partial charge in [0.15, 0.2) is 0 Å². The number of benzene rings is 1. The van der Waals surface area contributed by atoms with Crippen LogP contribution >= 0.6 is 0 Å². The summed E-state index contributed by atoms with van der Waals surface area (Å²) in [6.07, 6.45) is 1.56. The van der Waals surface area contributed by atoms with Gasteiger partial charge in [-0.25, -0.2) is 4.39 Å². The molecule has 1 heterocycles. The van der Waals surface area contributed by atoms with E-state index in [0.29, 0.717) is 5.88 Å². The zero-order valence-electron chi connectivity index (χ0n) is 7.93. The van der Waals surface area contributed by atoms with Crippen molar-refractivity contribution in [3.05, 3.63) is 54.0 Å². The van der Waals surface area contributed by atoms with E-state index < -0.39 is 0 Å². The lowest BCUT2D eigenvalue weighted by Crippen LogP contribution is -1.98. The number of nitrogens with zero attached hydrogens (tertiary/aromatic N) is 2. The molecule has 2 rings (SSSR count). The third-order valence-electron chi connectivity index (χ3n) is 1.82. The van der Waals surface area contributed by atoms with Gasteiger partial charge >= 0.3 is 0 Å². The highest BCUT2D eigenvalue weighted by atomic mass is 19.1. The van der Waals surface area contributed by atoms with E-state index in [1.165, 1.54) is 12.1 Å². The molecular formula is C11H9FN2O. The van der Waals surface area contributed by atoms with Crippen LogP contribution < -0.4 is 4.74 Å². The van der Waals surface area contributed by atoms with Crippen LogP contribution in [0.4, 0.5) is 4.39 Å². The van der Waals surface area contributed by atoms with Crippen LogP contribution in [-0.4, -0.2) is 10.2 Å². The fraction of sp³-hybridized carbons (Fsp3) is 0.0909. The summed E-state index contributed by atoms with van der Waals surface area (Å²) in [6, 6.07) is 9.69. The molecule has 0 aliphatic rings. The maximum Gasteiger partial charge on any atom is 0.233 e. The minimum Gasteiger partial charge on any atom is -0.472 e. The zero-order valence-corrected chi connectivity index (χ0v) is 7.93. The van der Waals surface area contributed by atoms with Crippen molar-refractivity contribution in [2.24, 2.45) is 0 Å². The smallest absolute Gasteiger partial charge is 0.233 e. The highest BCUT2D eigenvalue weighted by Gasteiger charge is 1.97. The van der Waals surface area contributed by atoms with Crippen LogP contribution in [0, 0.1) is 5.82 Å². The Balaban J connectivity index is 1.99. The van der Waals surface area contributed by atoms with Crippen LogP contribution in [0.25, 0.3) is 0 Å². The minimum atomic E-state index is -0.268. The van der Waals surface area contributed by atoms with Crippen LogP contribution in [0.3, 0.4) is 0 Å². The predicted octanol–water partition coefficient (Wildman–Crippen LogP) is 2.19. The summed E-state index contributed by atoms with van der Waals surface area (Å²) < 4.78 is 18.1. The van der Waals surface area contributed by atoms with Gasteiger partial charge < -0.3 is 4.74 Å². The monoisotopic (exact) mass is 204 g/mol. The summed E-state index contributed by atoms with van der Waals surface area (Å²) in [5, 5.41) is 7.42. The van der Waals surface area contributed by atoms with Gasteiger partial charge in [-0.1, -0.05) is 12.1 Å². The van der Waals surface area contributed by atoms with Gasteiger partial charge in [-0.15, -0.1) is 5.10 Å². The second-order valence-corrected chi connectivity index (χ2v) is 2.98. The number of hydrogen-bond donors (Lipinski definition) is 0. The number of rotatable bonds is 3. The van der Waals surface area contributed by atoms with Gasteiger partial charge in [0.1, 0.15) is 12.4 Å². The quantitative estimate of drug-likeness (QED) is 0.768. The van der Waals surface area contributed by atoms with E-state index in [4.69, 9.17) is 4.74 Å². The zero-order chi connectivity index (χ0) is 10.5. The minimum absolute atomic E-state index is 0.268. The molecule has 0 N–H and O–H groups in total. The lowest BCUT2D eigenvalue weighted by Gasteiger charge is -2.03. The molecule has 0 atom stereocenters. The molecular weight excluding hydrogens is 195 g/mol. The van der Waals surface area contributed by atoms with Gasteiger partial charge in [-0.2, -0.15) is 5.10 Å². The molecule has 0 radical (unpaired) electrons. The molecule has 76 valence electrons. The molecule has 0 unspecified atom stereocenters. The van der Waals surface area contributed by atoms with E-state index >= 15 is 0 Å². The lowest BCUT2D eigenvalue weighted by molar-refractivity contribution is 0.289. The number of aromatic nitrogens is 2. The Morgan fingerprint density at radius 1 is 1.20 bits per heavy atom. The molecule has 0 aliphatic carbocycles. The fourth-order valence-corrected chi connectivity index (χ4v) is 1.15. The van der Waals surface area contributed by atoms with E-state index in [1.807, 2.05) is 0 Å². The number of halogens is 1. The molecule has 0 amide bonds. The van der Waals surface area contributed by atoms with E-state index in [0.717, 1.165) is 5.56 Å². The Morgan fingerprint density at radius 2 is 2.13 bits per heavy atom. The average Bonchev–Trinajstić information content (AvgIpc) is 2.28. The highest BCUT2D eigenvalue weighted by Crippen LogP contribution is 2.08. The van der Waals surface area contributed by atoms with Crippen LogP contribution in [0.2, 0.25) is 0 Å². The lowest BCUT2D eigenvalue weighted by atomic mass is 10.2. The molecule has 0 spiro atoms. The standard InChI is InChI=1S/C11H9FN2O/c12-10-4-1-3-9(7-10)8-15-11-5-2-6-13-14-11/h1-7H,8H2. The predicted molar refractivity (Wildman–Crippen MR) is 52.8 cm³/mol. The van der Waals surface area contributed by atoms with E-state index in [-0.39, 0.29) is 12.4 Å². The first-order valence-electron chi connectivity index (χ1n) is 4.49. The molecule has 4 heteroatoms. The van der Waals surface area contributed by atoms with Crippen molar-refractivity contribution in [3.8, 4) is 5.88 Å². The number of hydrogen-bond acceptors (Lipinski definition) is 3. The maximum absolute atomic E-state index is 12.8. The summed E-state index contributed by atoms with van der Waals surface area (Å²) >= 11 is 0. The first kappa shape index (κ1) is 9.58. The van der Waals surface area contributed by atoms with Crippen LogP contribution in [0.1, 0.15) is 5.56 Å². The number of ether oxygens (including phenoxy) is 1. The summed E-state index contributed by atoms with van der Waals surface area (Å²) in [5.41, 5.74) is 0.764. The molecule has 0 fully saturated rings. The molecule has 2 aromatic rings. The van der Waals surface area contributed by atoms with Gasteiger partial charge in [-0.05, 0) is 23.8 Å². The van der Waals surface area contributed by atoms with Crippen molar-refractivity contribution < 1.29 is 9.13 Å². The molecule has 0 saturated carbocycles. The molecule has 0 aliphatic heterocycles. The second kappa shape index (κ2) is 4.50. The van der Waals surface area contributed by atoms with Crippen molar-refractivity contribution in [3.63, 3.8) is 0 Å². The van der Waals surface area contributed by atoms with Crippen LogP contribution in [0.15, 0.2) is 42.6 Å². The summed E-state index contributed by atoms with van der Waals surface area (Å²) in [5.74, 6) is 0.164. The van der Waals surface area contributed by atoms with Crippen molar-refractivity contribution in [2.75, 3.05) is 0 Å². The Morgan fingerprint density at radius 3 is 2.87 bits per heavy atom. The first-order chi connectivity index (χ1) is 7.34. The van der Waals surface area contributed by atoms with Gasteiger partial charge in [0.2, 0.25) is 5.88 Å². The molecule has 1 aromatic heterocycles. The summed E-state index contributed by atoms with van der Waals surface area (Å²) in [7, 11) is 0. The Labute approximate surface area is 86.5 Å². The normalized spacial score (nSPS) is 9.93. The Kier molecular flexibility index (Phi) is 2.88.